The second kappa shape index (κ2) is 6.20. The number of nitrogens with zero attached hydrogens (tertiary/aromatic N) is 2. The molecule has 1 aliphatic heterocycles. The van der Waals surface area contributed by atoms with Crippen LogP contribution in [0, 0.1) is 0 Å². The van der Waals surface area contributed by atoms with E-state index in [4.69, 9.17) is 9.47 Å². The van der Waals surface area contributed by atoms with Gasteiger partial charge in [-0.2, -0.15) is 0 Å². The molecule has 2 fully saturated rings. The zero-order valence-electron chi connectivity index (χ0n) is 12.4. The van der Waals surface area contributed by atoms with Gasteiger partial charge in [-0.25, -0.2) is 0 Å². The zero-order valence-corrected chi connectivity index (χ0v) is 12.4. The summed E-state index contributed by atoms with van der Waals surface area (Å²) in [4.78, 5) is 6.61. The van der Waals surface area contributed by atoms with Crippen molar-refractivity contribution in [3.8, 4) is 0 Å². The summed E-state index contributed by atoms with van der Waals surface area (Å²) in [6.45, 7) is 7.08. The summed E-state index contributed by atoms with van der Waals surface area (Å²) in [5, 5.41) is 0. The summed E-state index contributed by atoms with van der Waals surface area (Å²) >= 11 is 0. The third-order valence-corrected chi connectivity index (χ3v) is 4.46. The lowest BCUT2D eigenvalue weighted by Crippen LogP contribution is -2.54. The first-order chi connectivity index (χ1) is 9.75. The van der Waals surface area contributed by atoms with Gasteiger partial charge >= 0.3 is 0 Å². The maximum Gasteiger partial charge on any atom is 0.0992 e. The molecule has 2 heterocycles. The number of ether oxygens (including phenoxy) is 2. The minimum Gasteiger partial charge on any atom is -0.373 e. The second-order valence-electron chi connectivity index (χ2n) is 6.02. The van der Waals surface area contributed by atoms with Gasteiger partial charge in [0.2, 0.25) is 0 Å². The average Bonchev–Trinajstić information content (AvgIpc) is 2.89. The van der Waals surface area contributed by atoms with Crippen LogP contribution in [0.3, 0.4) is 0 Å². The lowest BCUT2D eigenvalue weighted by molar-refractivity contribution is -0.122. The third kappa shape index (κ3) is 2.87. The summed E-state index contributed by atoms with van der Waals surface area (Å²) in [6, 6.07) is 5.14. The van der Waals surface area contributed by atoms with Crippen LogP contribution in [0.25, 0.3) is 0 Å². The van der Waals surface area contributed by atoms with Gasteiger partial charge < -0.3 is 9.47 Å². The topological polar surface area (TPSA) is 34.6 Å². The van der Waals surface area contributed by atoms with Crippen LogP contribution < -0.4 is 0 Å². The van der Waals surface area contributed by atoms with Gasteiger partial charge in [0.05, 0.1) is 25.4 Å². The molecule has 0 spiro atoms. The minimum atomic E-state index is 0.231. The van der Waals surface area contributed by atoms with Gasteiger partial charge in [-0.05, 0) is 44.4 Å². The van der Waals surface area contributed by atoms with Gasteiger partial charge in [0, 0.05) is 31.0 Å². The molecule has 3 rings (SSSR count). The Morgan fingerprint density at radius 2 is 2.15 bits per heavy atom. The first-order valence-electron chi connectivity index (χ1n) is 7.63. The maximum absolute atomic E-state index is 6.11. The normalized spacial score (nSPS) is 30.6. The highest BCUT2D eigenvalue weighted by Crippen LogP contribution is 2.33. The molecular formula is C16H24N2O2. The largest absolute Gasteiger partial charge is 0.373 e. The molecule has 1 saturated heterocycles. The van der Waals surface area contributed by atoms with E-state index in [-0.39, 0.29) is 12.2 Å². The Labute approximate surface area is 121 Å². The van der Waals surface area contributed by atoms with Crippen molar-refractivity contribution in [1.29, 1.82) is 0 Å². The average molecular weight is 276 g/mol. The van der Waals surface area contributed by atoms with E-state index in [2.05, 4.69) is 23.7 Å². The van der Waals surface area contributed by atoms with Crippen LogP contribution in [0.1, 0.15) is 32.3 Å². The van der Waals surface area contributed by atoms with Crippen LogP contribution in [0.2, 0.25) is 0 Å². The predicted molar refractivity (Wildman–Crippen MR) is 77.4 cm³/mol. The van der Waals surface area contributed by atoms with Crippen molar-refractivity contribution in [2.75, 3.05) is 13.2 Å². The Bertz CT molecular complexity index is 424. The molecule has 0 amide bonds. The van der Waals surface area contributed by atoms with Crippen LogP contribution in [0.4, 0.5) is 0 Å². The summed E-state index contributed by atoms with van der Waals surface area (Å²) in [6.07, 6.45) is 6.39. The number of rotatable bonds is 4. The smallest absolute Gasteiger partial charge is 0.0992 e. The third-order valence-electron chi connectivity index (χ3n) is 4.46. The molecule has 1 aromatic rings. The van der Waals surface area contributed by atoms with Crippen LogP contribution in [0.15, 0.2) is 24.5 Å². The molecule has 1 aliphatic carbocycles. The molecule has 0 N–H and O–H groups in total. The Balaban J connectivity index is 1.59. The van der Waals surface area contributed by atoms with E-state index >= 15 is 0 Å². The molecule has 1 aromatic heterocycles. The van der Waals surface area contributed by atoms with E-state index in [0.29, 0.717) is 18.7 Å². The van der Waals surface area contributed by atoms with E-state index in [1.807, 2.05) is 24.5 Å². The lowest BCUT2D eigenvalue weighted by Gasteiger charge is -2.41. The number of aromatic nitrogens is 1. The van der Waals surface area contributed by atoms with Crippen LogP contribution in [-0.4, -0.2) is 47.3 Å². The summed E-state index contributed by atoms with van der Waals surface area (Å²) in [7, 11) is 0. The quantitative estimate of drug-likeness (QED) is 0.844. The first kappa shape index (κ1) is 14.0. The van der Waals surface area contributed by atoms with Crippen molar-refractivity contribution < 1.29 is 9.47 Å². The van der Waals surface area contributed by atoms with Crippen molar-refractivity contribution in [2.24, 2.45) is 0 Å². The van der Waals surface area contributed by atoms with Gasteiger partial charge in [0.15, 0.2) is 0 Å². The van der Waals surface area contributed by atoms with Crippen molar-refractivity contribution >= 4 is 0 Å². The Morgan fingerprint density at radius 1 is 1.35 bits per heavy atom. The highest BCUT2D eigenvalue weighted by atomic mass is 16.5. The summed E-state index contributed by atoms with van der Waals surface area (Å²) in [5.41, 5.74) is 1.18. The van der Waals surface area contributed by atoms with Crippen LogP contribution in [-0.2, 0) is 16.1 Å². The molecule has 0 unspecified atom stereocenters. The molecular weight excluding hydrogens is 252 g/mol. The molecule has 4 heteroatoms. The molecule has 0 radical (unpaired) electrons. The molecule has 4 nitrogen and oxygen atoms in total. The maximum atomic E-state index is 6.11. The Hall–Kier alpha value is -0.970. The van der Waals surface area contributed by atoms with Crippen molar-refractivity contribution in [3.05, 3.63) is 30.1 Å². The minimum absolute atomic E-state index is 0.231. The van der Waals surface area contributed by atoms with Gasteiger partial charge in [-0.15, -0.1) is 0 Å². The SMILES string of the molecule is CC(C)N1CCO[C@H]2[C@@H](OCc3ccncc3)CC[C@@H]21. The lowest BCUT2D eigenvalue weighted by atomic mass is 10.1. The van der Waals surface area contributed by atoms with Crippen molar-refractivity contribution in [1.82, 2.24) is 9.88 Å². The Morgan fingerprint density at radius 3 is 2.90 bits per heavy atom. The molecule has 20 heavy (non-hydrogen) atoms. The molecule has 3 atom stereocenters. The standard InChI is InChI=1S/C16H24N2O2/c1-12(2)18-9-10-19-16-14(18)3-4-15(16)20-11-13-5-7-17-8-6-13/h5-8,12,14-16H,3-4,9-11H2,1-2H3/t14-,15-,16+/m0/s1. The Kier molecular flexibility index (Phi) is 4.34. The highest BCUT2D eigenvalue weighted by molar-refractivity contribution is 5.08. The number of pyridine rings is 1. The molecule has 2 aliphatic rings. The van der Waals surface area contributed by atoms with Gasteiger partial charge in [0.25, 0.3) is 0 Å². The summed E-state index contributed by atoms with van der Waals surface area (Å²) in [5.74, 6) is 0. The van der Waals surface area contributed by atoms with Crippen molar-refractivity contribution in [3.63, 3.8) is 0 Å². The van der Waals surface area contributed by atoms with Crippen LogP contribution in [0.5, 0.6) is 0 Å². The fourth-order valence-corrected chi connectivity index (χ4v) is 3.45. The predicted octanol–water partition coefficient (Wildman–Crippen LogP) is 2.24. The number of hydrogen-bond donors (Lipinski definition) is 0. The fraction of sp³-hybridized carbons (Fsp3) is 0.688. The second-order valence-corrected chi connectivity index (χ2v) is 6.02. The highest BCUT2D eigenvalue weighted by Gasteiger charge is 2.43. The number of hydrogen-bond acceptors (Lipinski definition) is 4. The van der Waals surface area contributed by atoms with Gasteiger partial charge in [-0.3, -0.25) is 9.88 Å². The number of morpholine rings is 1. The monoisotopic (exact) mass is 276 g/mol. The van der Waals surface area contributed by atoms with Crippen LogP contribution >= 0.6 is 0 Å². The van der Waals surface area contributed by atoms with E-state index in [9.17, 15) is 0 Å². The van der Waals surface area contributed by atoms with Gasteiger partial charge in [0.1, 0.15) is 0 Å². The van der Waals surface area contributed by atoms with E-state index < -0.39 is 0 Å². The van der Waals surface area contributed by atoms with Gasteiger partial charge in [-0.1, -0.05) is 0 Å². The number of fused-ring (bicyclic) bond motifs is 1. The van der Waals surface area contributed by atoms with E-state index in [1.54, 1.807) is 0 Å². The fourth-order valence-electron chi connectivity index (χ4n) is 3.45. The zero-order chi connectivity index (χ0) is 13.9. The molecule has 0 aromatic carbocycles. The molecule has 110 valence electrons. The van der Waals surface area contributed by atoms with E-state index in [1.165, 1.54) is 12.0 Å². The molecule has 0 bridgehead atoms. The first-order valence-corrected chi connectivity index (χ1v) is 7.63. The summed E-state index contributed by atoms with van der Waals surface area (Å²) < 4.78 is 12.1. The van der Waals surface area contributed by atoms with Crippen molar-refractivity contribution in [2.45, 2.75) is 57.6 Å². The van der Waals surface area contributed by atoms with E-state index in [0.717, 1.165) is 19.6 Å². The molecule has 1 saturated carbocycles.